The molecule has 0 saturated heterocycles. The van der Waals surface area contributed by atoms with E-state index in [1.165, 1.54) is 12.2 Å². The molecule has 0 radical (unpaired) electrons. The number of allylic oxidation sites excluding steroid dienone is 1. The molecule has 0 heterocycles. The van der Waals surface area contributed by atoms with Gasteiger partial charge < -0.3 is 15.3 Å². The SMILES string of the molecule is C=CC(O)CC/C=C(\CO)C(=O)O. The highest BCUT2D eigenvalue weighted by atomic mass is 16.4. The molecule has 74 valence electrons. The summed E-state index contributed by atoms with van der Waals surface area (Å²) >= 11 is 0. The van der Waals surface area contributed by atoms with Gasteiger partial charge in [-0.1, -0.05) is 12.2 Å². The number of hydrogen-bond acceptors (Lipinski definition) is 3. The van der Waals surface area contributed by atoms with E-state index in [1.54, 1.807) is 0 Å². The second kappa shape index (κ2) is 6.39. The number of aliphatic carboxylic acids is 1. The van der Waals surface area contributed by atoms with Crippen LogP contribution in [0.2, 0.25) is 0 Å². The van der Waals surface area contributed by atoms with Crippen molar-refractivity contribution >= 4 is 5.97 Å². The first kappa shape index (κ1) is 11.9. The Labute approximate surface area is 76.8 Å². The van der Waals surface area contributed by atoms with Crippen molar-refractivity contribution in [2.24, 2.45) is 0 Å². The largest absolute Gasteiger partial charge is 0.478 e. The van der Waals surface area contributed by atoms with Crippen LogP contribution in [-0.2, 0) is 4.79 Å². The van der Waals surface area contributed by atoms with Crippen LogP contribution in [0.4, 0.5) is 0 Å². The lowest BCUT2D eigenvalue weighted by Crippen LogP contribution is -2.06. The summed E-state index contributed by atoms with van der Waals surface area (Å²) in [5.41, 5.74) is -0.0451. The van der Waals surface area contributed by atoms with Crippen LogP contribution in [0.3, 0.4) is 0 Å². The first-order chi connectivity index (χ1) is 6.11. The summed E-state index contributed by atoms with van der Waals surface area (Å²) in [5.74, 6) is -1.13. The average molecular weight is 186 g/mol. The van der Waals surface area contributed by atoms with Gasteiger partial charge in [0.25, 0.3) is 0 Å². The normalized spacial score (nSPS) is 13.8. The zero-order chi connectivity index (χ0) is 10.3. The molecule has 1 unspecified atom stereocenters. The molecule has 0 spiro atoms. The van der Waals surface area contributed by atoms with Crippen molar-refractivity contribution in [1.82, 2.24) is 0 Å². The zero-order valence-corrected chi connectivity index (χ0v) is 7.31. The van der Waals surface area contributed by atoms with Gasteiger partial charge in [-0.05, 0) is 12.8 Å². The van der Waals surface area contributed by atoms with Crippen molar-refractivity contribution in [2.75, 3.05) is 6.61 Å². The molecule has 0 aromatic carbocycles. The summed E-state index contributed by atoms with van der Waals surface area (Å²) in [6.07, 6.45) is 2.99. The zero-order valence-electron chi connectivity index (χ0n) is 7.31. The highest BCUT2D eigenvalue weighted by Gasteiger charge is 2.04. The second-order valence-electron chi connectivity index (χ2n) is 2.57. The minimum absolute atomic E-state index is 0.0451. The third-order valence-corrected chi connectivity index (χ3v) is 1.57. The maximum absolute atomic E-state index is 10.4. The second-order valence-corrected chi connectivity index (χ2v) is 2.57. The van der Waals surface area contributed by atoms with Crippen LogP contribution in [0, 0.1) is 0 Å². The Kier molecular flexibility index (Phi) is 5.84. The van der Waals surface area contributed by atoms with E-state index in [0.29, 0.717) is 12.8 Å². The number of aliphatic hydroxyl groups is 2. The van der Waals surface area contributed by atoms with E-state index in [4.69, 9.17) is 15.3 Å². The molecule has 0 aliphatic rings. The van der Waals surface area contributed by atoms with E-state index in [9.17, 15) is 4.79 Å². The quantitative estimate of drug-likeness (QED) is 0.412. The molecule has 0 aromatic heterocycles. The topological polar surface area (TPSA) is 77.8 Å². The first-order valence-corrected chi connectivity index (χ1v) is 3.95. The lowest BCUT2D eigenvalue weighted by Gasteiger charge is -2.01. The van der Waals surface area contributed by atoms with E-state index in [1.807, 2.05) is 0 Å². The van der Waals surface area contributed by atoms with Crippen LogP contribution in [0.15, 0.2) is 24.3 Å². The van der Waals surface area contributed by atoms with E-state index in [0.717, 1.165) is 0 Å². The highest BCUT2D eigenvalue weighted by molar-refractivity contribution is 5.86. The summed E-state index contributed by atoms with van der Waals surface area (Å²) in [4.78, 5) is 10.4. The fourth-order valence-electron chi connectivity index (χ4n) is 0.766. The summed E-state index contributed by atoms with van der Waals surface area (Å²) < 4.78 is 0. The predicted molar refractivity (Wildman–Crippen MR) is 48.2 cm³/mol. The lowest BCUT2D eigenvalue weighted by molar-refractivity contribution is -0.133. The molecule has 0 aliphatic carbocycles. The van der Waals surface area contributed by atoms with Gasteiger partial charge in [0.05, 0.1) is 18.3 Å². The lowest BCUT2D eigenvalue weighted by atomic mass is 10.1. The maximum Gasteiger partial charge on any atom is 0.333 e. The molecule has 0 bridgehead atoms. The van der Waals surface area contributed by atoms with Crippen LogP contribution in [0.5, 0.6) is 0 Å². The Balaban J connectivity index is 3.93. The number of carboxylic acid groups (broad SMARTS) is 1. The summed E-state index contributed by atoms with van der Waals surface area (Å²) in [6, 6.07) is 0. The molecule has 0 fully saturated rings. The van der Waals surface area contributed by atoms with Crippen LogP contribution in [0.1, 0.15) is 12.8 Å². The molecule has 3 N–H and O–H groups in total. The highest BCUT2D eigenvalue weighted by Crippen LogP contribution is 2.02. The van der Waals surface area contributed by atoms with E-state index in [-0.39, 0.29) is 5.57 Å². The van der Waals surface area contributed by atoms with Gasteiger partial charge in [-0.25, -0.2) is 4.79 Å². The van der Waals surface area contributed by atoms with E-state index in [2.05, 4.69) is 6.58 Å². The standard InChI is InChI=1S/C9H14O4/c1-2-8(11)5-3-4-7(6-10)9(12)13/h2,4,8,10-11H,1,3,5-6H2,(H,12,13)/b7-4+. The molecular formula is C9H14O4. The molecule has 0 amide bonds. The summed E-state index contributed by atoms with van der Waals surface area (Å²) in [7, 11) is 0. The van der Waals surface area contributed by atoms with Crippen LogP contribution in [0.25, 0.3) is 0 Å². The Bertz CT molecular complexity index is 208. The van der Waals surface area contributed by atoms with Crippen LogP contribution >= 0.6 is 0 Å². The minimum atomic E-state index is -1.13. The molecule has 13 heavy (non-hydrogen) atoms. The van der Waals surface area contributed by atoms with Gasteiger partial charge in [0.15, 0.2) is 0 Å². The molecule has 0 saturated carbocycles. The predicted octanol–water partition coefficient (Wildman–Crippen LogP) is 0.317. The van der Waals surface area contributed by atoms with Gasteiger partial charge in [-0.2, -0.15) is 0 Å². The maximum atomic E-state index is 10.4. The van der Waals surface area contributed by atoms with Crippen molar-refractivity contribution in [3.63, 3.8) is 0 Å². The fourth-order valence-corrected chi connectivity index (χ4v) is 0.766. The van der Waals surface area contributed by atoms with Crippen LogP contribution in [-0.4, -0.2) is 34.0 Å². The van der Waals surface area contributed by atoms with E-state index >= 15 is 0 Å². The Hall–Kier alpha value is -1.13. The Morgan fingerprint density at radius 1 is 1.54 bits per heavy atom. The van der Waals surface area contributed by atoms with Crippen LogP contribution < -0.4 is 0 Å². The van der Waals surface area contributed by atoms with Gasteiger partial charge in [0, 0.05) is 0 Å². The van der Waals surface area contributed by atoms with Crippen molar-refractivity contribution < 1.29 is 20.1 Å². The third kappa shape index (κ3) is 5.16. The van der Waals surface area contributed by atoms with Crippen molar-refractivity contribution in [3.8, 4) is 0 Å². The molecule has 0 aliphatic heterocycles. The Morgan fingerprint density at radius 3 is 2.54 bits per heavy atom. The average Bonchev–Trinajstić information content (AvgIpc) is 2.11. The third-order valence-electron chi connectivity index (χ3n) is 1.57. The fraction of sp³-hybridized carbons (Fsp3) is 0.444. The Morgan fingerprint density at radius 2 is 2.15 bits per heavy atom. The number of carbonyl (C=O) groups is 1. The monoisotopic (exact) mass is 186 g/mol. The molecule has 1 atom stereocenters. The number of hydrogen-bond donors (Lipinski definition) is 3. The summed E-state index contributed by atoms with van der Waals surface area (Å²) in [5, 5.41) is 26.1. The van der Waals surface area contributed by atoms with Crippen molar-refractivity contribution in [3.05, 3.63) is 24.3 Å². The van der Waals surface area contributed by atoms with Crippen molar-refractivity contribution in [1.29, 1.82) is 0 Å². The summed E-state index contributed by atoms with van der Waals surface area (Å²) in [6.45, 7) is 2.89. The molecule has 4 heteroatoms. The van der Waals surface area contributed by atoms with Gasteiger partial charge in [0.2, 0.25) is 0 Å². The number of aliphatic hydroxyl groups excluding tert-OH is 2. The van der Waals surface area contributed by atoms with Gasteiger partial charge in [-0.3, -0.25) is 0 Å². The van der Waals surface area contributed by atoms with Gasteiger partial charge in [-0.15, -0.1) is 6.58 Å². The van der Waals surface area contributed by atoms with E-state index < -0.39 is 18.7 Å². The molecule has 0 rings (SSSR count). The minimum Gasteiger partial charge on any atom is -0.478 e. The number of carboxylic acids is 1. The van der Waals surface area contributed by atoms with Gasteiger partial charge in [0.1, 0.15) is 0 Å². The molecule has 4 nitrogen and oxygen atoms in total. The molecular weight excluding hydrogens is 172 g/mol. The smallest absolute Gasteiger partial charge is 0.333 e. The first-order valence-electron chi connectivity index (χ1n) is 3.95. The van der Waals surface area contributed by atoms with Crippen molar-refractivity contribution in [2.45, 2.75) is 18.9 Å². The number of rotatable bonds is 6. The van der Waals surface area contributed by atoms with Gasteiger partial charge >= 0.3 is 5.97 Å². The molecule has 0 aromatic rings.